The van der Waals surface area contributed by atoms with Crippen molar-refractivity contribution < 1.29 is 9.59 Å². The summed E-state index contributed by atoms with van der Waals surface area (Å²) in [7, 11) is 0. The van der Waals surface area contributed by atoms with Crippen LogP contribution in [0.1, 0.15) is 53.4 Å². The van der Waals surface area contributed by atoms with Crippen molar-refractivity contribution in [1.29, 1.82) is 0 Å². The maximum absolute atomic E-state index is 12.6. The van der Waals surface area contributed by atoms with Crippen LogP contribution >= 0.6 is 0 Å². The SMILES string of the molecule is CCC(=O)N1CCC2(CC1)N[C@H](CC(C)C)C(=O)N2CC. The van der Waals surface area contributed by atoms with Crippen molar-refractivity contribution in [3.63, 3.8) is 0 Å². The summed E-state index contributed by atoms with van der Waals surface area (Å²) < 4.78 is 0. The number of likely N-dealkylation sites (N-methyl/N-ethyl adjacent to an activating group) is 1. The molecule has 0 radical (unpaired) electrons. The molecular formula is C16H29N3O2. The highest BCUT2D eigenvalue weighted by molar-refractivity contribution is 5.85. The minimum Gasteiger partial charge on any atom is -0.342 e. The summed E-state index contributed by atoms with van der Waals surface area (Å²) in [4.78, 5) is 28.4. The third-order valence-corrected chi connectivity index (χ3v) is 4.79. The molecule has 2 aliphatic heterocycles. The van der Waals surface area contributed by atoms with Gasteiger partial charge in [0.1, 0.15) is 0 Å². The molecular weight excluding hydrogens is 266 g/mol. The zero-order chi connectivity index (χ0) is 15.6. The number of rotatable bonds is 4. The Bertz CT molecular complexity index is 400. The van der Waals surface area contributed by atoms with E-state index >= 15 is 0 Å². The molecule has 2 fully saturated rings. The topological polar surface area (TPSA) is 52.7 Å². The van der Waals surface area contributed by atoms with E-state index in [-0.39, 0.29) is 23.5 Å². The zero-order valence-electron chi connectivity index (χ0n) is 13.8. The second-order valence-electron chi connectivity index (χ2n) is 6.67. The van der Waals surface area contributed by atoms with Crippen LogP contribution in [0, 0.1) is 5.92 Å². The van der Waals surface area contributed by atoms with E-state index in [1.807, 2.05) is 23.6 Å². The van der Waals surface area contributed by atoms with Gasteiger partial charge in [0, 0.05) is 38.9 Å². The minimum atomic E-state index is -0.226. The second-order valence-corrected chi connectivity index (χ2v) is 6.67. The average molecular weight is 295 g/mol. The number of hydrogen-bond acceptors (Lipinski definition) is 3. The molecule has 5 heteroatoms. The lowest BCUT2D eigenvalue weighted by Crippen LogP contribution is -2.59. The Kier molecular flexibility index (Phi) is 4.91. The number of carbonyl (C=O) groups excluding carboxylic acids is 2. The molecule has 1 N–H and O–H groups in total. The third-order valence-electron chi connectivity index (χ3n) is 4.79. The van der Waals surface area contributed by atoms with Gasteiger partial charge in [-0.2, -0.15) is 0 Å². The average Bonchev–Trinajstić information content (AvgIpc) is 2.70. The van der Waals surface area contributed by atoms with Gasteiger partial charge in [0.15, 0.2) is 0 Å². The van der Waals surface area contributed by atoms with Gasteiger partial charge in [0.25, 0.3) is 0 Å². The largest absolute Gasteiger partial charge is 0.342 e. The summed E-state index contributed by atoms with van der Waals surface area (Å²) in [6, 6.07) is -0.0571. The van der Waals surface area contributed by atoms with Crippen LogP contribution in [0.3, 0.4) is 0 Å². The normalized spacial score (nSPS) is 25.2. The van der Waals surface area contributed by atoms with Gasteiger partial charge in [-0.25, -0.2) is 0 Å². The van der Waals surface area contributed by atoms with Gasteiger partial charge in [0.2, 0.25) is 11.8 Å². The van der Waals surface area contributed by atoms with Gasteiger partial charge in [-0.1, -0.05) is 20.8 Å². The predicted octanol–water partition coefficient (Wildman–Crippen LogP) is 1.58. The smallest absolute Gasteiger partial charge is 0.241 e. The fraction of sp³-hybridized carbons (Fsp3) is 0.875. The second kappa shape index (κ2) is 6.34. The van der Waals surface area contributed by atoms with Gasteiger partial charge in [-0.15, -0.1) is 0 Å². The van der Waals surface area contributed by atoms with Crippen molar-refractivity contribution in [3.8, 4) is 0 Å². The van der Waals surface area contributed by atoms with E-state index in [1.165, 1.54) is 0 Å². The van der Waals surface area contributed by atoms with Crippen molar-refractivity contribution in [3.05, 3.63) is 0 Å². The summed E-state index contributed by atoms with van der Waals surface area (Å²) in [5, 5.41) is 3.60. The molecule has 2 aliphatic rings. The van der Waals surface area contributed by atoms with Crippen molar-refractivity contribution in [2.75, 3.05) is 19.6 Å². The van der Waals surface area contributed by atoms with Crippen molar-refractivity contribution >= 4 is 11.8 Å². The molecule has 2 amide bonds. The number of hydrogen-bond donors (Lipinski definition) is 1. The lowest BCUT2D eigenvalue weighted by atomic mass is 9.95. The lowest BCUT2D eigenvalue weighted by molar-refractivity contribution is -0.136. The number of likely N-dealkylation sites (tertiary alicyclic amines) is 1. The fourth-order valence-corrected chi connectivity index (χ4v) is 3.72. The van der Waals surface area contributed by atoms with Crippen LogP contribution in [0.25, 0.3) is 0 Å². The molecule has 0 unspecified atom stereocenters. The van der Waals surface area contributed by atoms with Gasteiger partial charge in [-0.05, 0) is 19.3 Å². The Morgan fingerprint density at radius 3 is 2.43 bits per heavy atom. The third kappa shape index (κ3) is 3.07. The van der Waals surface area contributed by atoms with Gasteiger partial charge < -0.3 is 9.80 Å². The number of nitrogens with one attached hydrogen (secondary N) is 1. The summed E-state index contributed by atoms with van der Waals surface area (Å²) in [5.41, 5.74) is -0.226. The van der Waals surface area contributed by atoms with Crippen LogP contribution in [-0.4, -0.2) is 53.0 Å². The van der Waals surface area contributed by atoms with E-state index < -0.39 is 0 Å². The molecule has 1 atom stereocenters. The summed E-state index contributed by atoms with van der Waals surface area (Å²) in [6.07, 6.45) is 3.13. The molecule has 2 saturated heterocycles. The van der Waals surface area contributed by atoms with E-state index in [2.05, 4.69) is 19.2 Å². The fourth-order valence-electron chi connectivity index (χ4n) is 3.72. The summed E-state index contributed by atoms with van der Waals surface area (Å²) in [6.45, 7) is 10.5. The Morgan fingerprint density at radius 1 is 1.33 bits per heavy atom. The van der Waals surface area contributed by atoms with Crippen molar-refractivity contribution in [1.82, 2.24) is 15.1 Å². The van der Waals surface area contributed by atoms with Gasteiger partial charge in [-0.3, -0.25) is 14.9 Å². The van der Waals surface area contributed by atoms with E-state index in [9.17, 15) is 9.59 Å². The highest BCUT2D eigenvalue weighted by atomic mass is 16.2. The Morgan fingerprint density at radius 2 is 1.95 bits per heavy atom. The summed E-state index contributed by atoms with van der Waals surface area (Å²) >= 11 is 0. The first-order valence-electron chi connectivity index (χ1n) is 8.30. The number of nitrogens with zero attached hydrogens (tertiary/aromatic N) is 2. The van der Waals surface area contributed by atoms with Crippen LogP contribution in [0.5, 0.6) is 0 Å². The van der Waals surface area contributed by atoms with E-state index in [0.717, 1.165) is 38.9 Å². The first-order valence-corrected chi connectivity index (χ1v) is 8.30. The Balaban J connectivity index is 2.08. The van der Waals surface area contributed by atoms with E-state index in [0.29, 0.717) is 12.3 Å². The number of carbonyl (C=O) groups is 2. The molecule has 0 bridgehead atoms. The standard InChI is InChI=1S/C16H29N3O2/c1-5-14(20)18-9-7-16(8-10-18)17-13(11-12(3)4)15(21)19(16)6-2/h12-13,17H,5-11H2,1-4H3/t13-/m1/s1. The maximum atomic E-state index is 12.6. The molecule has 21 heavy (non-hydrogen) atoms. The highest BCUT2D eigenvalue weighted by Crippen LogP contribution is 2.33. The minimum absolute atomic E-state index is 0.0571. The Hall–Kier alpha value is -1.10. The molecule has 2 rings (SSSR count). The van der Waals surface area contributed by atoms with Gasteiger partial charge >= 0.3 is 0 Å². The molecule has 0 aromatic carbocycles. The molecule has 0 aromatic rings. The maximum Gasteiger partial charge on any atom is 0.241 e. The molecule has 5 nitrogen and oxygen atoms in total. The molecule has 120 valence electrons. The molecule has 0 aliphatic carbocycles. The quantitative estimate of drug-likeness (QED) is 0.857. The number of piperidine rings is 1. The lowest BCUT2D eigenvalue weighted by Gasteiger charge is -2.44. The van der Waals surface area contributed by atoms with Crippen molar-refractivity contribution in [2.24, 2.45) is 5.92 Å². The molecule has 1 spiro atoms. The van der Waals surface area contributed by atoms with Crippen LogP contribution < -0.4 is 5.32 Å². The van der Waals surface area contributed by atoms with E-state index in [4.69, 9.17) is 0 Å². The van der Waals surface area contributed by atoms with Crippen LogP contribution in [0.4, 0.5) is 0 Å². The zero-order valence-corrected chi connectivity index (χ0v) is 13.8. The van der Waals surface area contributed by atoms with E-state index in [1.54, 1.807) is 0 Å². The summed E-state index contributed by atoms with van der Waals surface area (Å²) in [5.74, 6) is 0.958. The van der Waals surface area contributed by atoms with Gasteiger partial charge in [0.05, 0.1) is 11.7 Å². The van der Waals surface area contributed by atoms with Crippen molar-refractivity contribution in [2.45, 2.75) is 65.1 Å². The monoisotopic (exact) mass is 295 g/mol. The van der Waals surface area contributed by atoms with Crippen LogP contribution in [0.15, 0.2) is 0 Å². The predicted molar refractivity (Wildman–Crippen MR) is 82.6 cm³/mol. The molecule has 0 aromatic heterocycles. The molecule has 2 heterocycles. The number of amides is 2. The first-order chi connectivity index (χ1) is 9.93. The van der Waals surface area contributed by atoms with Crippen LogP contribution in [-0.2, 0) is 9.59 Å². The van der Waals surface area contributed by atoms with Crippen LogP contribution in [0.2, 0.25) is 0 Å². The Labute approximate surface area is 128 Å². The first kappa shape index (κ1) is 16.3. The highest BCUT2D eigenvalue weighted by Gasteiger charge is 2.50. The molecule has 0 saturated carbocycles.